The molecular weight excluding hydrogens is 248 g/mol. The van der Waals surface area contributed by atoms with E-state index in [1.165, 1.54) is 11.3 Å². The van der Waals surface area contributed by atoms with E-state index in [1.807, 2.05) is 13.0 Å². The fraction of sp³-hybridized carbons (Fsp3) is 0.385. The summed E-state index contributed by atoms with van der Waals surface area (Å²) >= 11 is 1.33. The van der Waals surface area contributed by atoms with E-state index >= 15 is 0 Å². The first-order valence-corrected chi connectivity index (χ1v) is 6.46. The number of nitriles is 1. The average molecular weight is 262 g/mol. The van der Waals surface area contributed by atoms with Crippen LogP contribution < -0.4 is 0 Å². The Labute approximate surface area is 110 Å². The van der Waals surface area contributed by atoms with Crippen LogP contribution in [0.2, 0.25) is 0 Å². The first kappa shape index (κ1) is 14.2. The van der Waals surface area contributed by atoms with E-state index in [0.717, 1.165) is 0 Å². The van der Waals surface area contributed by atoms with E-state index < -0.39 is 0 Å². The molecule has 1 aromatic heterocycles. The van der Waals surface area contributed by atoms with E-state index in [0.29, 0.717) is 30.0 Å². The third kappa shape index (κ3) is 3.59. The summed E-state index contributed by atoms with van der Waals surface area (Å²) in [6, 6.07) is 3.79. The SMILES string of the molecule is CCN(CCC#N)C(=O)c1sccc1C#CCO. The van der Waals surface area contributed by atoms with Crippen LogP contribution in [-0.4, -0.2) is 35.6 Å². The standard InChI is InChI=1S/C13H14N2O2S/c1-2-15(8-4-7-14)13(17)12-11(5-3-9-16)6-10-18-12/h6,10,16H,2,4,8-9H2,1H3. The first-order valence-electron chi connectivity index (χ1n) is 5.58. The second-order valence-corrected chi connectivity index (χ2v) is 4.33. The van der Waals surface area contributed by atoms with Gasteiger partial charge in [0, 0.05) is 18.7 Å². The minimum absolute atomic E-state index is 0.106. The molecule has 0 unspecified atom stereocenters. The number of amides is 1. The zero-order valence-electron chi connectivity index (χ0n) is 10.1. The Morgan fingerprint density at radius 2 is 2.39 bits per heavy atom. The highest BCUT2D eigenvalue weighted by Gasteiger charge is 2.17. The lowest BCUT2D eigenvalue weighted by Crippen LogP contribution is -2.31. The van der Waals surface area contributed by atoms with Gasteiger partial charge >= 0.3 is 0 Å². The number of rotatable bonds is 4. The largest absolute Gasteiger partial charge is 0.384 e. The van der Waals surface area contributed by atoms with E-state index in [-0.39, 0.29) is 12.5 Å². The van der Waals surface area contributed by atoms with Gasteiger partial charge in [0.05, 0.1) is 12.5 Å². The Kier molecular flexibility index (Phi) is 5.93. The van der Waals surface area contributed by atoms with Crippen molar-refractivity contribution in [2.24, 2.45) is 0 Å². The van der Waals surface area contributed by atoms with Crippen molar-refractivity contribution in [3.63, 3.8) is 0 Å². The lowest BCUT2D eigenvalue weighted by molar-refractivity contribution is 0.0772. The smallest absolute Gasteiger partial charge is 0.265 e. The van der Waals surface area contributed by atoms with Crippen LogP contribution in [0.5, 0.6) is 0 Å². The van der Waals surface area contributed by atoms with Gasteiger partial charge in [-0.3, -0.25) is 4.79 Å². The van der Waals surface area contributed by atoms with Crippen LogP contribution in [0.4, 0.5) is 0 Å². The van der Waals surface area contributed by atoms with Crippen molar-refractivity contribution >= 4 is 17.2 Å². The van der Waals surface area contributed by atoms with E-state index in [9.17, 15) is 4.79 Å². The minimum Gasteiger partial charge on any atom is -0.384 e. The molecule has 94 valence electrons. The summed E-state index contributed by atoms with van der Waals surface area (Å²) in [4.78, 5) is 14.4. The summed E-state index contributed by atoms with van der Waals surface area (Å²) in [6.45, 7) is 2.64. The van der Waals surface area contributed by atoms with Crippen LogP contribution in [0.1, 0.15) is 28.6 Å². The number of carbonyl (C=O) groups is 1. The zero-order chi connectivity index (χ0) is 13.4. The average Bonchev–Trinajstić information content (AvgIpc) is 2.85. The molecule has 1 N–H and O–H groups in total. The monoisotopic (exact) mass is 262 g/mol. The van der Waals surface area contributed by atoms with Crippen LogP contribution >= 0.6 is 11.3 Å². The van der Waals surface area contributed by atoms with Gasteiger partial charge in [0.15, 0.2) is 0 Å². The number of hydrogen-bond donors (Lipinski definition) is 1. The molecule has 0 aliphatic carbocycles. The van der Waals surface area contributed by atoms with Crippen molar-refractivity contribution in [1.82, 2.24) is 4.90 Å². The summed E-state index contributed by atoms with van der Waals surface area (Å²) in [5.74, 6) is 5.19. The summed E-state index contributed by atoms with van der Waals surface area (Å²) < 4.78 is 0. The predicted octanol–water partition coefficient (Wildman–Crippen LogP) is 1.47. The Balaban J connectivity index is 2.89. The Morgan fingerprint density at radius 3 is 3.00 bits per heavy atom. The van der Waals surface area contributed by atoms with Crippen LogP contribution in [0.15, 0.2) is 11.4 Å². The topological polar surface area (TPSA) is 64.3 Å². The minimum atomic E-state index is -0.227. The van der Waals surface area contributed by atoms with Gasteiger partial charge in [0.1, 0.15) is 11.5 Å². The van der Waals surface area contributed by atoms with Crippen LogP contribution in [0.3, 0.4) is 0 Å². The molecule has 0 fully saturated rings. The molecule has 4 nitrogen and oxygen atoms in total. The Bertz CT molecular complexity index is 505. The third-order valence-corrected chi connectivity index (χ3v) is 3.23. The number of carbonyl (C=O) groups excluding carboxylic acids is 1. The van der Waals surface area contributed by atoms with E-state index in [4.69, 9.17) is 10.4 Å². The van der Waals surface area contributed by atoms with Gasteiger partial charge in [-0.05, 0) is 18.4 Å². The van der Waals surface area contributed by atoms with Crippen LogP contribution in [0.25, 0.3) is 0 Å². The van der Waals surface area contributed by atoms with E-state index in [2.05, 4.69) is 11.8 Å². The Hall–Kier alpha value is -1.82. The molecule has 0 saturated carbocycles. The Morgan fingerprint density at radius 1 is 1.61 bits per heavy atom. The summed E-state index contributed by atoms with van der Waals surface area (Å²) in [7, 11) is 0. The molecule has 0 aliphatic heterocycles. The lowest BCUT2D eigenvalue weighted by atomic mass is 10.2. The fourth-order valence-electron chi connectivity index (χ4n) is 1.44. The van der Waals surface area contributed by atoms with Crippen molar-refractivity contribution in [2.75, 3.05) is 19.7 Å². The number of hydrogen-bond acceptors (Lipinski definition) is 4. The maximum Gasteiger partial charge on any atom is 0.265 e. The number of aliphatic hydroxyl groups excluding tert-OH is 1. The molecule has 0 radical (unpaired) electrons. The van der Waals surface area contributed by atoms with Crippen LogP contribution in [0, 0.1) is 23.2 Å². The molecule has 0 atom stereocenters. The second kappa shape index (κ2) is 7.50. The van der Waals surface area contributed by atoms with Gasteiger partial charge in [-0.2, -0.15) is 5.26 Å². The van der Waals surface area contributed by atoms with Crippen molar-refractivity contribution in [1.29, 1.82) is 5.26 Å². The second-order valence-electron chi connectivity index (χ2n) is 3.42. The summed E-state index contributed by atoms with van der Waals surface area (Å²) in [5, 5.41) is 19.0. The maximum atomic E-state index is 12.2. The van der Waals surface area contributed by atoms with Gasteiger partial charge in [-0.15, -0.1) is 11.3 Å². The van der Waals surface area contributed by atoms with Gasteiger partial charge in [-0.25, -0.2) is 0 Å². The molecule has 0 spiro atoms. The molecule has 0 aliphatic rings. The normalized spacial score (nSPS) is 9.17. The van der Waals surface area contributed by atoms with Crippen molar-refractivity contribution < 1.29 is 9.90 Å². The van der Waals surface area contributed by atoms with Gasteiger partial charge in [-0.1, -0.05) is 11.8 Å². The molecule has 0 aromatic carbocycles. The van der Waals surface area contributed by atoms with Crippen molar-refractivity contribution in [2.45, 2.75) is 13.3 Å². The highest BCUT2D eigenvalue weighted by atomic mass is 32.1. The number of thiophene rings is 1. The third-order valence-electron chi connectivity index (χ3n) is 2.32. The first-order chi connectivity index (χ1) is 8.74. The van der Waals surface area contributed by atoms with Crippen molar-refractivity contribution in [3.05, 3.63) is 21.9 Å². The van der Waals surface area contributed by atoms with Crippen molar-refractivity contribution in [3.8, 4) is 17.9 Å². The molecule has 0 saturated heterocycles. The molecule has 5 heteroatoms. The van der Waals surface area contributed by atoms with Gasteiger partial charge < -0.3 is 10.0 Å². The molecule has 1 rings (SSSR count). The van der Waals surface area contributed by atoms with Gasteiger partial charge in [0.25, 0.3) is 5.91 Å². The molecular formula is C13H14N2O2S. The number of nitrogens with zero attached hydrogens (tertiary/aromatic N) is 2. The lowest BCUT2D eigenvalue weighted by Gasteiger charge is -2.18. The molecule has 1 aromatic rings. The molecule has 0 bridgehead atoms. The predicted molar refractivity (Wildman–Crippen MR) is 70.1 cm³/mol. The van der Waals surface area contributed by atoms with Gasteiger partial charge in [0.2, 0.25) is 0 Å². The highest BCUT2D eigenvalue weighted by molar-refractivity contribution is 7.12. The number of aliphatic hydroxyl groups is 1. The quantitative estimate of drug-likeness (QED) is 0.836. The highest BCUT2D eigenvalue weighted by Crippen LogP contribution is 2.18. The summed E-state index contributed by atoms with van der Waals surface area (Å²) in [5.41, 5.74) is 0.634. The maximum absolute atomic E-state index is 12.2. The molecule has 1 heterocycles. The zero-order valence-corrected chi connectivity index (χ0v) is 11.0. The molecule has 18 heavy (non-hydrogen) atoms. The van der Waals surface area contributed by atoms with E-state index in [1.54, 1.807) is 16.3 Å². The summed E-state index contributed by atoms with van der Waals surface area (Å²) in [6.07, 6.45) is 0.322. The fourth-order valence-corrected chi connectivity index (χ4v) is 2.26. The molecule has 1 amide bonds. The van der Waals surface area contributed by atoms with Crippen LogP contribution in [-0.2, 0) is 0 Å².